The van der Waals surface area contributed by atoms with Gasteiger partial charge in [-0.3, -0.25) is 0 Å². The van der Waals surface area contributed by atoms with Gasteiger partial charge in [-0.15, -0.1) is 0 Å². The van der Waals surface area contributed by atoms with Crippen LogP contribution in [0.1, 0.15) is 52.4 Å². The average Bonchev–Trinajstić information content (AvgIpc) is 2.36. The maximum Gasteiger partial charge on any atom is 0.0445 e. The van der Waals surface area contributed by atoms with Crippen molar-refractivity contribution in [3.63, 3.8) is 0 Å². The largest absolute Gasteiger partial charge is 0.396 e. The summed E-state index contributed by atoms with van der Waals surface area (Å²) >= 11 is 0. The number of hydrogen-bond donors (Lipinski definition) is 3. The molecule has 0 aromatic heterocycles. The summed E-state index contributed by atoms with van der Waals surface area (Å²) in [6.45, 7) is 5.51. The zero-order chi connectivity index (χ0) is 12.7. The topological polar surface area (TPSA) is 58.3 Å². The van der Waals surface area contributed by atoms with Gasteiger partial charge in [0.2, 0.25) is 0 Å². The predicted molar refractivity (Wildman–Crippen MR) is 72.9 cm³/mol. The molecule has 1 fully saturated rings. The number of aliphatic hydroxyl groups excluding tert-OH is 1. The summed E-state index contributed by atoms with van der Waals surface area (Å²) in [6, 6.07) is 0.867. The van der Waals surface area contributed by atoms with Crippen LogP contribution >= 0.6 is 0 Å². The molecule has 1 aliphatic rings. The van der Waals surface area contributed by atoms with Gasteiger partial charge >= 0.3 is 0 Å². The van der Waals surface area contributed by atoms with Gasteiger partial charge in [0.1, 0.15) is 0 Å². The summed E-state index contributed by atoms with van der Waals surface area (Å²) in [6.07, 6.45) is 7.23. The van der Waals surface area contributed by atoms with Crippen LogP contribution < -0.4 is 11.1 Å². The maximum atomic E-state index is 9.03. The van der Waals surface area contributed by atoms with Crippen LogP contribution in [-0.4, -0.2) is 30.3 Å². The fourth-order valence-electron chi connectivity index (χ4n) is 2.95. The maximum absolute atomic E-state index is 9.03. The van der Waals surface area contributed by atoms with Gasteiger partial charge in [-0.2, -0.15) is 0 Å². The van der Waals surface area contributed by atoms with Crippen molar-refractivity contribution in [1.29, 1.82) is 0 Å². The molecule has 0 spiro atoms. The molecule has 0 radical (unpaired) electrons. The summed E-state index contributed by atoms with van der Waals surface area (Å²) in [5.74, 6) is 1.63. The van der Waals surface area contributed by atoms with Crippen LogP contribution in [0.5, 0.6) is 0 Å². The number of aliphatic hydroxyl groups is 1. The monoisotopic (exact) mass is 242 g/mol. The molecule has 0 aliphatic heterocycles. The van der Waals surface area contributed by atoms with Crippen molar-refractivity contribution < 1.29 is 5.11 Å². The van der Waals surface area contributed by atoms with E-state index in [2.05, 4.69) is 19.2 Å². The van der Waals surface area contributed by atoms with E-state index in [9.17, 15) is 0 Å². The van der Waals surface area contributed by atoms with E-state index in [-0.39, 0.29) is 6.61 Å². The molecule has 2 unspecified atom stereocenters. The third kappa shape index (κ3) is 4.94. The standard InChI is InChI=1S/C14H30N2O/c1-3-13(8-9-17)16-14(10-15)12-6-4-11(2)5-7-12/h11-14,16-17H,3-10,15H2,1-2H3. The second kappa shape index (κ2) is 8.06. The van der Waals surface area contributed by atoms with Crippen LogP contribution in [0, 0.1) is 11.8 Å². The van der Waals surface area contributed by atoms with Crippen LogP contribution in [0.2, 0.25) is 0 Å². The third-order valence-electron chi connectivity index (χ3n) is 4.30. The minimum atomic E-state index is 0.268. The molecular weight excluding hydrogens is 212 g/mol. The molecule has 1 rings (SSSR count). The van der Waals surface area contributed by atoms with E-state index in [4.69, 9.17) is 10.8 Å². The van der Waals surface area contributed by atoms with Crippen molar-refractivity contribution in [2.45, 2.75) is 64.5 Å². The van der Waals surface area contributed by atoms with Crippen LogP contribution in [0.4, 0.5) is 0 Å². The van der Waals surface area contributed by atoms with Gasteiger partial charge in [0, 0.05) is 25.2 Å². The van der Waals surface area contributed by atoms with Crippen molar-refractivity contribution in [2.24, 2.45) is 17.6 Å². The molecule has 4 N–H and O–H groups in total. The molecule has 0 saturated heterocycles. The van der Waals surface area contributed by atoms with Gasteiger partial charge in [-0.25, -0.2) is 0 Å². The smallest absolute Gasteiger partial charge is 0.0445 e. The highest BCUT2D eigenvalue weighted by Gasteiger charge is 2.26. The highest BCUT2D eigenvalue weighted by atomic mass is 16.3. The number of hydrogen-bond acceptors (Lipinski definition) is 3. The van der Waals surface area contributed by atoms with Gasteiger partial charge in [0.25, 0.3) is 0 Å². The van der Waals surface area contributed by atoms with Crippen LogP contribution in [0.3, 0.4) is 0 Å². The molecule has 1 aliphatic carbocycles. The Morgan fingerprint density at radius 1 is 1.29 bits per heavy atom. The predicted octanol–water partition coefficient (Wildman–Crippen LogP) is 1.89. The van der Waals surface area contributed by atoms with Gasteiger partial charge in [0.15, 0.2) is 0 Å². The Bertz CT molecular complexity index is 191. The molecule has 17 heavy (non-hydrogen) atoms. The number of nitrogens with one attached hydrogen (secondary N) is 1. The van der Waals surface area contributed by atoms with E-state index in [0.717, 1.165) is 31.2 Å². The van der Waals surface area contributed by atoms with E-state index >= 15 is 0 Å². The van der Waals surface area contributed by atoms with Crippen molar-refractivity contribution in [1.82, 2.24) is 5.32 Å². The van der Waals surface area contributed by atoms with E-state index in [1.165, 1.54) is 25.7 Å². The molecule has 102 valence electrons. The lowest BCUT2D eigenvalue weighted by Crippen LogP contribution is -2.48. The Morgan fingerprint density at radius 3 is 2.41 bits per heavy atom. The number of nitrogens with two attached hydrogens (primary N) is 1. The van der Waals surface area contributed by atoms with E-state index in [0.29, 0.717) is 12.1 Å². The average molecular weight is 242 g/mol. The van der Waals surface area contributed by atoms with Crippen molar-refractivity contribution in [2.75, 3.05) is 13.2 Å². The normalized spacial score (nSPS) is 28.9. The van der Waals surface area contributed by atoms with Gasteiger partial charge < -0.3 is 16.2 Å². The van der Waals surface area contributed by atoms with Crippen molar-refractivity contribution >= 4 is 0 Å². The first-order chi connectivity index (χ1) is 8.21. The molecular formula is C14H30N2O. The lowest BCUT2D eigenvalue weighted by atomic mass is 9.79. The Morgan fingerprint density at radius 2 is 1.94 bits per heavy atom. The molecule has 0 aromatic rings. The Balaban J connectivity index is 2.41. The third-order valence-corrected chi connectivity index (χ3v) is 4.30. The lowest BCUT2D eigenvalue weighted by molar-refractivity contribution is 0.203. The second-order valence-corrected chi connectivity index (χ2v) is 5.65. The van der Waals surface area contributed by atoms with E-state index in [1.54, 1.807) is 0 Å². The minimum absolute atomic E-state index is 0.268. The first kappa shape index (κ1) is 14.9. The molecule has 2 atom stereocenters. The van der Waals surface area contributed by atoms with Crippen LogP contribution in [0.25, 0.3) is 0 Å². The summed E-state index contributed by atoms with van der Waals surface area (Å²) in [7, 11) is 0. The zero-order valence-electron chi connectivity index (χ0n) is 11.5. The molecule has 0 amide bonds. The molecule has 3 nitrogen and oxygen atoms in total. The Kier molecular flexibility index (Phi) is 7.09. The quantitative estimate of drug-likeness (QED) is 0.639. The molecule has 0 bridgehead atoms. The molecule has 0 aromatic carbocycles. The molecule has 3 heteroatoms. The van der Waals surface area contributed by atoms with Crippen molar-refractivity contribution in [3.8, 4) is 0 Å². The number of rotatable bonds is 7. The fourth-order valence-corrected chi connectivity index (χ4v) is 2.95. The fraction of sp³-hybridized carbons (Fsp3) is 1.00. The molecule has 0 heterocycles. The minimum Gasteiger partial charge on any atom is -0.396 e. The lowest BCUT2D eigenvalue weighted by Gasteiger charge is -2.35. The van der Waals surface area contributed by atoms with E-state index in [1.807, 2.05) is 0 Å². The second-order valence-electron chi connectivity index (χ2n) is 5.65. The Labute approximate surface area is 106 Å². The van der Waals surface area contributed by atoms with Gasteiger partial charge in [-0.05, 0) is 37.5 Å². The van der Waals surface area contributed by atoms with Crippen molar-refractivity contribution in [3.05, 3.63) is 0 Å². The summed E-state index contributed by atoms with van der Waals surface area (Å²) < 4.78 is 0. The zero-order valence-corrected chi connectivity index (χ0v) is 11.5. The highest BCUT2D eigenvalue weighted by molar-refractivity contribution is 4.84. The summed E-state index contributed by atoms with van der Waals surface area (Å²) in [4.78, 5) is 0. The van der Waals surface area contributed by atoms with Gasteiger partial charge in [-0.1, -0.05) is 26.7 Å². The summed E-state index contributed by atoms with van der Waals surface area (Å²) in [5, 5.41) is 12.7. The SMILES string of the molecule is CCC(CCO)NC(CN)C1CCC(C)CC1. The van der Waals surface area contributed by atoms with Gasteiger partial charge in [0.05, 0.1) is 0 Å². The molecule has 1 saturated carbocycles. The highest BCUT2D eigenvalue weighted by Crippen LogP contribution is 2.30. The first-order valence-electron chi connectivity index (χ1n) is 7.28. The Hall–Kier alpha value is -0.120. The summed E-state index contributed by atoms with van der Waals surface area (Å²) in [5.41, 5.74) is 5.91. The first-order valence-corrected chi connectivity index (χ1v) is 7.28. The van der Waals surface area contributed by atoms with Crippen LogP contribution in [0.15, 0.2) is 0 Å². The van der Waals surface area contributed by atoms with Crippen LogP contribution in [-0.2, 0) is 0 Å². The van der Waals surface area contributed by atoms with E-state index < -0.39 is 0 Å².